The Morgan fingerprint density at radius 3 is 2.71 bits per heavy atom. The van der Waals surface area contributed by atoms with Crippen LogP contribution < -0.4 is 5.73 Å². The maximum atomic E-state index is 5.69. The molecule has 1 aromatic carbocycles. The molecule has 5 nitrogen and oxygen atoms in total. The number of amidine groups is 1. The number of aliphatic imine (C=N–C) groups is 1. The van der Waals surface area contributed by atoms with Crippen molar-refractivity contribution in [1.29, 1.82) is 0 Å². The average Bonchev–Trinajstić information content (AvgIpc) is 2.88. The summed E-state index contributed by atoms with van der Waals surface area (Å²) in [7, 11) is 0. The topological polar surface area (TPSA) is 73.4 Å². The van der Waals surface area contributed by atoms with Gasteiger partial charge < -0.3 is 10.5 Å². The average molecular weight is 280 g/mol. The van der Waals surface area contributed by atoms with Crippen LogP contribution in [0.3, 0.4) is 0 Å². The Hall–Kier alpha value is -2.43. The Morgan fingerprint density at radius 2 is 1.95 bits per heavy atom. The van der Waals surface area contributed by atoms with Crippen LogP contribution in [0.4, 0.5) is 0 Å². The van der Waals surface area contributed by atoms with Crippen molar-refractivity contribution in [3.05, 3.63) is 48.0 Å². The first-order valence-corrected chi connectivity index (χ1v) is 7.09. The fourth-order valence-electron chi connectivity index (χ4n) is 3.20. The van der Waals surface area contributed by atoms with Gasteiger partial charge in [0.05, 0.1) is 0 Å². The molecule has 0 bridgehead atoms. The van der Waals surface area contributed by atoms with Gasteiger partial charge in [0, 0.05) is 24.4 Å². The first kappa shape index (κ1) is 12.3. The van der Waals surface area contributed by atoms with Gasteiger partial charge in [0.25, 0.3) is 6.02 Å². The van der Waals surface area contributed by atoms with Gasteiger partial charge in [0.2, 0.25) is 0 Å². The molecule has 106 valence electrons. The van der Waals surface area contributed by atoms with Crippen molar-refractivity contribution in [3.63, 3.8) is 0 Å². The molecule has 0 amide bonds. The fourth-order valence-corrected chi connectivity index (χ4v) is 3.20. The fraction of sp³-hybridized carbons (Fsp3) is 0.312. The number of hydrogen-bond acceptors (Lipinski definition) is 5. The highest BCUT2D eigenvalue weighted by atomic mass is 16.5. The van der Waals surface area contributed by atoms with E-state index in [1.807, 2.05) is 12.4 Å². The van der Waals surface area contributed by atoms with E-state index in [9.17, 15) is 0 Å². The van der Waals surface area contributed by atoms with E-state index >= 15 is 0 Å². The van der Waals surface area contributed by atoms with Crippen molar-refractivity contribution in [2.45, 2.75) is 24.8 Å². The lowest BCUT2D eigenvalue weighted by Crippen LogP contribution is -2.35. The Bertz CT molecular complexity index is 713. The van der Waals surface area contributed by atoms with E-state index < -0.39 is 0 Å². The van der Waals surface area contributed by atoms with Gasteiger partial charge in [-0.05, 0) is 29.5 Å². The summed E-state index contributed by atoms with van der Waals surface area (Å²) < 4.78 is 5.38. The van der Waals surface area contributed by atoms with Crippen molar-refractivity contribution in [1.82, 2.24) is 9.97 Å². The molecule has 21 heavy (non-hydrogen) atoms. The number of aromatic nitrogens is 2. The molecule has 2 heterocycles. The Labute approximate surface area is 122 Å². The molecular weight excluding hydrogens is 264 g/mol. The predicted molar refractivity (Wildman–Crippen MR) is 79.8 cm³/mol. The summed E-state index contributed by atoms with van der Waals surface area (Å²) >= 11 is 0. The molecule has 1 atom stereocenters. The van der Waals surface area contributed by atoms with Crippen molar-refractivity contribution in [2.24, 2.45) is 10.7 Å². The second-order valence-electron chi connectivity index (χ2n) is 5.75. The first-order chi connectivity index (χ1) is 10.2. The van der Waals surface area contributed by atoms with Gasteiger partial charge in [-0.3, -0.25) is 0 Å². The first-order valence-electron chi connectivity index (χ1n) is 7.09. The van der Waals surface area contributed by atoms with Crippen LogP contribution in [0, 0.1) is 0 Å². The number of ether oxygens (including phenoxy) is 1. The number of nitrogens with two attached hydrogens (primary N) is 1. The summed E-state index contributed by atoms with van der Waals surface area (Å²) in [5.41, 5.74) is 10.4. The van der Waals surface area contributed by atoms with Gasteiger partial charge in [0.15, 0.2) is 0 Å². The van der Waals surface area contributed by atoms with E-state index in [4.69, 9.17) is 10.5 Å². The summed E-state index contributed by atoms with van der Waals surface area (Å²) in [6.07, 6.45) is 8.11. The summed E-state index contributed by atoms with van der Waals surface area (Å²) in [6.45, 7) is 0.594. The molecule has 1 aliphatic heterocycles. The van der Waals surface area contributed by atoms with Crippen LogP contribution in [-0.4, -0.2) is 28.1 Å². The van der Waals surface area contributed by atoms with E-state index in [1.165, 1.54) is 11.1 Å². The number of fused-ring (bicyclic) bond motifs is 1. The zero-order chi connectivity index (χ0) is 14.3. The molecule has 5 heteroatoms. The lowest BCUT2D eigenvalue weighted by atomic mass is 9.78. The van der Waals surface area contributed by atoms with Crippen LogP contribution in [-0.2, 0) is 17.6 Å². The lowest BCUT2D eigenvalue weighted by Gasteiger charge is -2.30. The van der Waals surface area contributed by atoms with Crippen molar-refractivity contribution in [2.75, 3.05) is 6.61 Å². The second-order valence-corrected chi connectivity index (χ2v) is 5.75. The SMILES string of the molecule is NC1=N[C@@]2(CCc3ccc(-c4cncnc4)cc3C2)CO1. The third kappa shape index (κ3) is 2.14. The molecule has 0 radical (unpaired) electrons. The molecule has 0 unspecified atom stereocenters. The van der Waals surface area contributed by atoms with E-state index in [2.05, 4.69) is 33.2 Å². The molecule has 0 saturated carbocycles. The monoisotopic (exact) mass is 280 g/mol. The highest BCUT2D eigenvalue weighted by molar-refractivity contribution is 5.74. The smallest absolute Gasteiger partial charge is 0.282 e. The predicted octanol–water partition coefficient (Wildman–Crippen LogP) is 1.72. The molecule has 1 aromatic heterocycles. The Kier molecular flexibility index (Phi) is 2.67. The molecule has 2 aromatic rings. The highest BCUT2D eigenvalue weighted by Crippen LogP contribution is 2.36. The van der Waals surface area contributed by atoms with Crippen LogP contribution in [0.15, 0.2) is 41.9 Å². The number of hydrogen-bond donors (Lipinski definition) is 1. The maximum Gasteiger partial charge on any atom is 0.282 e. The number of aryl methyl sites for hydroxylation is 1. The van der Waals surface area contributed by atoms with Crippen molar-refractivity contribution in [3.8, 4) is 11.1 Å². The molecule has 0 saturated heterocycles. The van der Waals surface area contributed by atoms with Crippen LogP contribution in [0.1, 0.15) is 17.5 Å². The minimum atomic E-state index is -0.164. The number of nitrogens with zero attached hydrogens (tertiary/aromatic N) is 3. The highest BCUT2D eigenvalue weighted by Gasteiger charge is 2.39. The second kappa shape index (κ2) is 4.55. The minimum absolute atomic E-state index is 0.164. The third-order valence-electron chi connectivity index (χ3n) is 4.32. The minimum Gasteiger partial charge on any atom is -0.463 e. The lowest BCUT2D eigenvalue weighted by molar-refractivity contribution is 0.235. The van der Waals surface area contributed by atoms with Gasteiger partial charge >= 0.3 is 0 Å². The van der Waals surface area contributed by atoms with Crippen molar-refractivity contribution >= 4 is 6.02 Å². The normalized spacial score (nSPS) is 23.5. The summed E-state index contributed by atoms with van der Waals surface area (Å²) in [5.74, 6) is 0. The molecule has 1 aliphatic carbocycles. The summed E-state index contributed by atoms with van der Waals surface area (Å²) in [4.78, 5) is 12.7. The zero-order valence-electron chi connectivity index (χ0n) is 11.6. The standard InChI is InChI=1S/C16H16N4O/c17-15-20-16(9-21-15)4-3-11-1-2-12(5-13(11)6-16)14-7-18-10-19-8-14/h1-2,5,7-8,10H,3-4,6,9H2,(H2,17,20)/t16-/m1/s1. The summed E-state index contributed by atoms with van der Waals surface area (Å²) in [6, 6.07) is 6.89. The van der Waals surface area contributed by atoms with Crippen LogP contribution in [0.25, 0.3) is 11.1 Å². The van der Waals surface area contributed by atoms with Crippen LogP contribution in [0.2, 0.25) is 0 Å². The molecule has 2 aliphatic rings. The number of rotatable bonds is 1. The zero-order valence-corrected chi connectivity index (χ0v) is 11.6. The largest absolute Gasteiger partial charge is 0.463 e. The van der Waals surface area contributed by atoms with Crippen LogP contribution in [0.5, 0.6) is 0 Å². The number of benzene rings is 1. The molecular formula is C16H16N4O. The van der Waals surface area contributed by atoms with E-state index in [1.54, 1.807) is 6.33 Å². The summed E-state index contributed by atoms with van der Waals surface area (Å²) in [5, 5.41) is 0. The maximum absolute atomic E-state index is 5.69. The van der Waals surface area contributed by atoms with Gasteiger partial charge in [-0.2, -0.15) is 0 Å². The molecule has 0 fully saturated rings. The van der Waals surface area contributed by atoms with E-state index in [0.29, 0.717) is 12.6 Å². The molecule has 2 N–H and O–H groups in total. The molecule has 4 rings (SSSR count). The van der Waals surface area contributed by atoms with Gasteiger partial charge in [0.1, 0.15) is 18.5 Å². The van der Waals surface area contributed by atoms with Crippen LogP contribution >= 0.6 is 0 Å². The third-order valence-corrected chi connectivity index (χ3v) is 4.32. The van der Waals surface area contributed by atoms with Crippen molar-refractivity contribution < 1.29 is 4.74 Å². The van der Waals surface area contributed by atoms with E-state index in [0.717, 1.165) is 30.4 Å². The van der Waals surface area contributed by atoms with Gasteiger partial charge in [-0.1, -0.05) is 18.2 Å². The van der Waals surface area contributed by atoms with Gasteiger partial charge in [-0.15, -0.1) is 0 Å². The Balaban J connectivity index is 1.71. The molecule has 1 spiro atoms. The quantitative estimate of drug-likeness (QED) is 0.863. The van der Waals surface area contributed by atoms with Gasteiger partial charge in [-0.25, -0.2) is 15.0 Å². The Morgan fingerprint density at radius 1 is 1.10 bits per heavy atom. The van der Waals surface area contributed by atoms with E-state index in [-0.39, 0.29) is 5.54 Å².